The van der Waals surface area contributed by atoms with E-state index in [0.29, 0.717) is 6.42 Å². The van der Waals surface area contributed by atoms with Gasteiger partial charge in [-0.15, -0.1) is 0 Å². The van der Waals surface area contributed by atoms with Crippen LogP contribution in [0.4, 0.5) is 0 Å². The average Bonchev–Trinajstić information content (AvgIpc) is 2.78. The van der Waals surface area contributed by atoms with Crippen LogP contribution in [-0.4, -0.2) is 12.6 Å². The molecule has 0 spiro atoms. The highest BCUT2D eigenvalue weighted by molar-refractivity contribution is 5.69. The molecule has 164 valence electrons. The highest BCUT2D eigenvalue weighted by atomic mass is 16.5. The SMILES string of the molecule is CCCCCCCCCCOc1ccc(-c2ccc(C(C)OC(=O)CC)cc2)cc1. The summed E-state index contributed by atoms with van der Waals surface area (Å²) >= 11 is 0. The number of esters is 1. The van der Waals surface area contributed by atoms with E-state index in [1.165, 1.54) is 44.9 Å². The van der Waals surface area contributed by atoms with Crippen LogP contribution < -0.4 is 4.74 Å². The molecule has 0 heterocycles. The van der Waals surface area contributed by atoms with Gasteiger partial charge in [0.2, 0.25) is 0 Å². The van der Waals surface area contributed by atoms with Crippen molar-refractivity contribution in [3.63, 3.8) is 0 Å². The van der Waals surface area contributed by atoms with Crippen LogP contribution in [0.5, 0.6) is 5.75 Å². The second kappa shape index (κ2) is 13.8. The molecule has 1 atom stereocenters. The standard InChI is InChI=1S/C27H38O3/c1-4-6-7-8-9-10-11-12-21-29-26-19-17-25(18-20-26)24-15-13-23(14-16-24)22(3)30-27(28)5-2/h13-20,22H,4-12,21H2,1-3H3. The number of hydrogen-bond acceptors (Lipinski definition) is 3. The van der Waals surface area contributed by atoms with Crippen LogP contribution in [0, 0.1) is 0 Å². The van der Waals surface area contributed by atoms with Gasteiger partial charge in [0.15, 0.2) is 0 Å². The van der Waals surface area contributed by atoms with Crippen molar-refractivity contribution < 1.29 is 14.3 Å². The van der Waals surface area contributed by atoms with E-state index in [2.05, 4.69) is 31.2 Å². The second-order valence-electron chi connectivity index (χ2n) is 7.96. The van der Waals surface area contributed by atoms with Gasteiger partial charge in [-0.05, 0) is 42.2 Å². The zero-order valence-corrected chi connectivity index (χ0v) is 19.0. The summed E-state index contributed by atoms with van der Waals surface area (Å²) in [6.45, 7) is 6.76. The van der Waals surface area contributed by atoms with Crippen molar-refractivity contribution >= 4 is 5.97 Å². The third-order valence-electron chi connectivity index (χ3n) is 5.43. The van der Waals surface area contributed by atoms with Gasteiger partial charge < -0.3 is 9.47 Å². The summed E-state index contributed by atoms with van der Waals surface area (Å²) < 4.78 is 11.3. The van der Waals surface area contributed by atoms with Crippen LogP contribution in [-0.2, 0) is 9.53 Å². The zero-order chi connectivity index (χ0) is 21.6. The average molecular weight is 411 g/mol. The van der Waals surface area contributed by atoms with Crippen LogP contribution >= 0.6 is 0 Å². The van der Waals surface area contributed by atoms with E-state index in [1.54, 1.807) is 6.92 Å². The van der Waals surface area contributed by atoms with Gasteiger partial charge in [-0.2, -0.15) is 0 Å². The molecule has 0 aliphatic rings. The van der Waals surface area contributed by atoms with Gasteiger partial charge in [-0.1, -0.05) is 95.2 Å². The molecule has 0 saturated carbocycles. The zero-order valence-electron chi connectivity index (χ0n) is 19.0. The fourth-order valence-corrected chi connectivity index (χ4v) is 3.46. The van der Waals surface area contributed by atoms with Crippen LogP contribution in [0.2, 0.25) is 0 Å². The Morgan fingerprint density at radius 2 is 1.30 bits per heavy atom. The predicted molar refractivity (Wildman–Crippen MR) is 125 cm³/mol. The summed E-state index contributed by atoms with van der Waals surface area (Å²) in [7, 11) is 0. The Hall–Kier alpha value is -2.29. The molecule has 0 aliphatic carbocycles. The molecular formula is C27H38O3. The summed E-state index contributed by atoms with van der Waals surface area (Å²) in [5.41, 5.74) is 3.30. The third-order valence-corrected chi connectivity index (χ3v) is 5.43. The van der Waals surface area contributed by atoms with Gasteiger partial charge in [-0.25, -0.2) is 0 Å². The molecule has 0 radical (unpaired) electrons. The Labute approximate surface area is 182 Å². The molecule has 2 aromatic rings. The molecule has 3 nitrogen and oxygen atoms in total. The van der Waals surface area contributed by atoms with Gasteiger partial charge in [0, 0.05) is 6.42 Å². The van der Waals surface area contributed by atoms with Crippen molar-refractivity contribution in [1.82, 2.24) is 0 Å². The smallest absolute Gasteiger partial charge is 0.306 e. The van der Waals surface area contributed by atoms with E-state index in [9.17, 15) is 4.79 Å². The molecule has 0 aliphatic heterocycles. The Kier molecular flexibility index (Phi) is 11.1. The van der Waals surface area contributed by atoms with Crippen LogP contribution in [0.3, 0.4) is 0 Å². The van der Waals surface area contributed by atoms with Crippen molar-refractivity contribution in [3.05, 3.63) is 54.1 Å². The van der Waals surface area contributed by atoms with Crippen molar-refractivity contribution in [2.75, 3.05) is 6.61 Å². The lowest BCUT2D eigenvalue weighted by atomic mass is 10.0. The highest BCUT2D eigenvalue weighted by Gasteiger charge is 2.10. The van der Waals surface area contributed by atoms with E-state index in [-0.39, 0.29) is 12.1 Å². The number of carbonyl (C=O) groups excluding carboxylic acids is 1. The monoisotopic (exact) mass is 410 g/mol. The number of carbonyl (C=O) groups is 1. The topological polar surface area (TPSA) is 35.5 Å². The van der Waals surface area contributed by atoms with Gasteiger partial charge >= 0.3 is 5.97 Å². The fraction of sp³-hybridized carbons (Fsp3) is 0.519. The molecule has 0 N–H and O–H groups in total. The first-order valence-electron chi connectivity index (χ1n) is 11.7. The molecule has 2 rings (SSSR count). The number of rotatable bonds is 14. The first-order chi connectivity index (χ1) is 14.6. The second-order valence-corrected chi connectivity index (χ2v) is 7.96. The highest BCUT2D eigenvalue weighted by Crippen LogP contribution is 2.25. The molecule has 0 aromatic heterocycles. The lowest BCUT2D eigenvalue weighted by Gasteiger charge is -2.13. The summed E-state index contributed by atoms with van der Waals surface area (Å²) in [4.78, 5) is 11.5. The van der Waals surface area contributed by atoms with E-state index < -0.39 is 0 Å². The third kappa shape index (κ3) is 8.61. The fourth-order valence-electron chi connectivity index (χ4n) is 3.46. The normalized spacial score (nSPS) is 11.8. The van der Waals surface area contributed by atoms with E-state index in [1.807, 2.05) is 31.2 Å². The minimum absolute atomic E-state index is 0.172. The summed E-state index contributed by atoms with van der Waals surface area (Å²) in [6.07, 6.45) is 10.7. The summed E-state index contributed by atoms with van der Waals surface area (Å²) in [5.74, 6) is 0.757. The molecular weight excluding hydrogens is 372 g/mol. The largest absolute Gasteiger partial charge is 0.494 e. The maximum atomic E-state index is 11.5. The maximum absolute atomic E-state index is 11.5. The van der Waals surface area contributed by atoms with Crippen LogP contribution in [0.1, 0.15) is 90.2 Å². The Morgan fingerprint density at radius 1 is 0.767 bits per heavy atom. The lowest BCUT2D eigenvalue weighted by molar-refractivity contribution is -0.148. The van der Waals surface area contributed by atoms with Crippen LogP contribution in [0.25, 0.3) is 11.1 Å². The Bertz CT molecular complexity index is 719. The Balaban J connectivity index is 1.73. The van der Waals surface area contributed by atoms with Crippen LogP contribution in [0.15, 0.2) is 48.5 Å². The molecule has 0 fully saturated rings. The first-order valence-corrected chi connectivity index (χ1v) is 11.7. The number of ether oxygens (including phenoxy) is 2. The van der Waals surface area contributed by atoms with E-state index in [4.69, 9.17) is 9.47 Å². The maximum Gasteiger partial charge on any atom is 0.306 e. The molecule has 0 saturated heterocycles. The first kappa shape index (κ1) is 24.0. The minimum Gasteiger partial charge on any atom is -0.494 e. The van der Waals surface area contributed by atoms with Gasteiger partial charge in [-0.3, -0.25) is 4.79 Å². The minimum atomic E-state index is -0.224. The van der Waals surface area contributed by atoms with E-state index in [0.717, 1.165) is 35.5 Å². The van der Waals surface area contributed by atoms with Gasteiger partial charge in [0.1, 0.15) is 11.9 Å². The van der Waals surface area contributed by atoms with Crippen molar-refractivity contribution in [2.45, 2.75) is 84.7 Å². The number of benzene rings is 2. The van der Waals surface area contributed by atoms with Crippen molar-refractivity contribution in [3.8, 4) is 16.9 Å². The Morgan fingerprint density at radius 3 is 1.87 bits per heavy atom. The summed E-state index contributed by atoms with van der Waals surface area (Å²) in [5, 5.41) is 0. The molecule has 1 unspecified atom stereocenters. The number of hydrogen-bond donors (Lipinski definition) is 0. The number of unbranched alkanes of at least 4 members (excludes halogenated alkanes) is 7. The van der Waals surface area contributed by atoms with Gasteiger partial charge in [0.25, 0.3) is 0 Å². The lowest BCUT2D eigenvalue weighted by Crippen LogP contribution is -2.07. The summed E-state index contributed by atoms with van der Waals surface area (Å²) in [6, 6.07) is 16.5. The van der Waals surface area contributed by atoms with Crippen molar-refractivity contribution in [2.24, 2.45) is 0 Å². The predicted octanol–water partition coefficient (Wildman–Crippen LogP) is 7.89. The molecule has 3 heteroatoms. The van der Waals surface area contributed by atoms with Gasteiger partial charge in [0.05, 0.1) is 6.61 Å². The van der Waals surface area contributed by atoms with Crippen molar-refractivity contribution in [1.29, 1.82) is 0 Å². The van der Waals surface area contributed by atoms with E-state index >= 15 is 0 Å². The molecule has 2 aromatic carbocycles. The quantitative estimate of drug-likeness (QED) is 0.235. The molecule has 0 amide bonds. The molecule has 0 bridgehead atoms. The molecule has 30 heavy (non-hydrogen) atoms.